The zero-order valence-electron chi connectivity index (χ0n) is 12.7. The number of aliphatic carboxylic acids is 1. The minimum atomic E-state index is -0.773. The highest BCUT2D eigenvalue weighted by Crippen LogP contribution is 2.17. The van der Waals surface area contributed by atoms with Crippen molar-refractivity contribution in [2.24, 2.45) is 5.92 Å². The van der Waals surface area contributed by atoms with E-state index in [4.69, 9.17) is 5.11 Å². The van der Waals surface area contributed by atoms with Crippen LogP contribution < -0.4 is 5.32 Å². The topological polar surface area (TPSA) is 82.5 Å². The molecule has 1 aliphatic rings. The molecule has 0 aliphatic carbocycles. The van der Waals surface area contributed by atoms with E-state index < -0.39 is 5.97 Å². The number of rotatable bonds is 3. The van der Waals surface area contributed by atoms with Crippen molar-refractivity contribution >= 4 is 22.9 Å². The van der Waals surface area contributed by atoms with Gasteiger partial charge in [-0.2, -0.15) is 0 Å². The van der Waals surface area contributed by atoms with Gasteiger partial charge in [-0.3, -0.25) is 9.78 Å². The van der Waals surface area contributed by atoms with E-state index in [9.17, 15) is 9.59 Å². The van der Waals surface area contributed by atoms with E-state index in [0.717, 1.165) is 16.6 Å². The summed E-state index contributed by atoms with van der Waals surface area (Å²) in [6.45, 7) is 1.32. The van der Waals surface area contributed by atoms with Gasteiger partial charge in [-0.1, -0.05) is 24.3 Å². The maximum Gasteiger partial charge on any atom is 0.317 e. The second-order valence-corrected chi connectivity index (χ2v) is 5.75. The summed E-state index contributed by atoms with van der Waals surface area (Å²) in [5, 5.41) is 12.9. The highest BCUT2D eigenvalue weighted by atomic mass is 16.4. The Kier molecular flexibility index (Phi) is 4.41. The Morgan fingerprint density at radius 2 is 1.91 bits per heavy atom. The molecule has 3 rings (SSSR count). The van der Waals surface area contributed by atoms with Crippen molar-refractivity contribution in [2.45, 2.75) is 19.4 Å². The van der Waals surface area contributed by atoms with E-state index in [1.807, 2.05) is 36.4 Å². The van der Waals surface area contributed by atoms with Crippen molar-refractivity contribution in [1.29, 1.82) is 0 Å². The number of para-hydroxylation sites is 1. The number of amides is 2. The molecule has 2 N–H and O–H groups in total. The van der Waals surface area contributed by atoms with Gasteiger partial charge in [0.1, 0.15) is 0 Å². The second-order valence-electron chi connectivity index (χ2n) is 5.75. The molecule has 23 heavy (non-hydrogen) atoms. The molecule has 2 aromatic rings. The number of piperidine rings is 1. The quantitative estimate of drug-likeness (QED) is 0.910. The number of nitrogens with one attached hydrogen (secondary N) is 1. The fourth-order valence-corrected chi connectivity index (χ4v) is 2.81. The molecule has 0 radical (unpaired) electrons. The Balaban J connectivity index is 1.55. The number of hydrogen-bond donors (Lipinski definition) is 2. The standard InChI is InChI=1S/C17H19N3O3/c21-16(22)13-7-9-20(10-8-13)17(23)18-11-14-6-5-12-3-1-2-4-15(12)19-14/h1-6,13H,7-11H2,(H,18,23)(H,21,22). The molecule has 6 nitrogen and oxygen atoms in total. The van der Waals surface area contributed by atoms with Crippen LogP contribution in [0.2, 0.25) is 0 Å². The number of nitrogens with zero attached hydrogens (tertiary/aromatic N) is 2. The van der Waals surface area contributed by atoms with Gasteiger partial charge in [-0.15, -0.1) is 0 Å². The minimum absolute atomic E-state index is 0.163. The van der Waals surface area contributed by atoms with Crippen molar-refractivity contribution in [3.8, 4) is 0 Å². The molecule has 2 amide bonds. The van der Waals surface area contributed by atoms with Gasteiger partial charge >= 0.3 is 12.0 Å². The summed E-state index contributed by atoms with van der Waals surface area (Å²) in [4.78, 5) is 29.3. The van der Waals surface area contributed by atoms with Crippen molar-refractivity contribution in [2.75, 3.05) is 13.1 Å². The Labute approximate surface area is 134 Å². The maximum atomic E-state index is 12.2. The lowest BCUT2D eigenvalue weighted by molar-refractivity contribution is -0.143. The average molecular weight is 313 g/mol. The molecule has 0 spiro atoms. The number of carbonyl (C=O) groups excluding carboxylic acids is 1. The number of hydrogen-bond acceptors (Lipinski definition) is 3. The van der Waals surface area contributed by atoms with E-state index in [2.05, 4.69) is 10.3 Å². The smallest absolute Gasteiger partial charge is 0.317 e. The molecule has 2 heterocycles. The van der Waals surface area contributed by atoms with Crippen molar-refractivity contribution in [3.05, 3.63) is 42.1 Å². The zero-order valence-corrected chi connectivity index (χ0v) is 12.7. The summed E-state index contributed by atoms with van der Waals surface area (Å²) >= 11 is 0. The largest absolute Gasteiger partial charge is 0.481 e. The van der Waals surface area contributed by atoms with E-state index in [0.29, 0.717) is 32.5 Å². The number of pyridine rings is 1. The first kappa shape index (κ1) is 15.3. The molecule has 1 aromatic heterocycles. The van der Waals surface area contributed by atoms with Crippen LogP contribution in [0, 0.1) is 5.92 Å². The molecule has 1 saturated heterocycles. The molecule has 0 unspecified atom stereocenters. The van der Waals surface area contributed by atoms with Gasteiger partial charge in [-0.05, 0) is 25.0 Å². The first-order valence-corrected chi connectivity index (χ1v) is 7.74. The van der Waals surface area contributed by atoms with Gasteiger partial charge in [0.05, 0.1) is 23.7 Å². The number of likely N-dealkylation sites (tertiary alicyclic amines) is 1. The third kappa shape index (κ3) is 3.59. The lowest BCUT2D eigenvalue weighted by atomic mass is 9.97. The molecule has 0 bridgehead atoms. The summed E-state index contributed by atoms with van der Waals surface area (Å²) in [6, 6.07) is 11.6. The van der Waals surface area contributed by atoms with Crippen LogP contribution in [-0.4, -0.2) is 40.1 Å². The van der Waals surface area contributed by atoms with Crippen LogP contribution in [0.5, 0.6) is 0 Å². The summed E-state index contributed by atoms with van der Waals surface area (Å²) in [5.74, 6) is -1.10. The van der Waals surface area contributed by atoms with Gasteiger partial charge in [0.15, 0.2) is 0 Å². The van der Waals surface area contributed by atoms with Crippen LogP contribution in [-0.2, 0) is 11.3 Å². The number of carboxylic acid groups (broad SMARTS) is 1. The maximum absolute atomic E-state index is 12.2. The van der Waals surface area contributed by atoms with Crippen LogP contribution in [0.25, 0.3) is 10.9 Å². The third-order valence-electron chi connectivity index (χ3n) is 4.21. The first-order chi connectivity index (χ1) is 11.1. The predicted molar refractivity (Wildman–Crippen MR) is 85.9 cm³/mol. The molecular formula is C17H19N3O3. The van der Waals surface area contributed by atoms with Crippen LogP contribution in [0.3, 0.4) is 0 Å². The molecule has 120 valence electrons. The van der Waals surface area contributed by atoms with Crippen LogP contribution >= 0.6 is 0 Å². The van der Waals surface area contributed by atoms with E-state index in [-0.39, 0.29) is 11.9 Å². The third-order valence-corrected chi connectivity index (χ3v) is 4.21. The predicted octanol–water partition coefficient (Wildman–Crippen LogP) is 2.24. The second kappa shape index (κ2) is 6.64. The van der Waals surface area contributed by atoms with Gasteiger partial charge in [0.2, 0.25) is 0 Å². The fraction of sp³-hybridized carbons (Fsp3) is 0.353. The van der Waals surface area contributed by atoms with E-state index >= 15 is 0 Å². The molecule has 0 atom stereocenters. The van der Waals surface area contributed by atoms with E-state index in [1.54, 1.807) is 4.90 Å². The first-order valence-electron chi connectivity index (χ1n) is 7.74. The molecule has 6 heteroatoms. The normalized spacial score (nSPS) is 15.6. The minimum Gasteiger partial charge on any atom is -0.481 e. The number of carboxylic acids is 1. The number of fused-ring (bicyclic) bond motifs is 1. The number of aromatic nitrogens is 1. The summed E-state index contributed by atoms with van der Waals surface area (Å²) in [5.41, 5.74) is 1.71. The number of urea groups is 1. The number of carbonyl (C=O) groups is 2. The molecule has 1 fully saturated rings. The van der Waals surface area contributed by atoms with Gasteiger partial charge in [-0.25, -0.2) is 4.79 Å². The SMILES string of the molecule is O=C(O)C1CCN(C(=O)NCc2ccc3ccccc3n2)CC1. The molecule has 0 saturated carbocycles. The Hall–Kier alpha value is -2.63. The Morgan fingerprint density at radius 1 is 1.17 bits per heavy atom. The van der Waals surface area contributed by atoms with Crippen molar-refractivity contribution in [3.63, 3.8) is 0 Å². The Bertz CT molecular complexity index is 724. The average Bonchev–Trinajstić information content (AvgIpc) is 2.59. The summed E-state index contributed by atoms with van der Waals surface area (Å²) in [6.07, 6.45) is 1.02. The van der Waals surface area contributed by atoms with Gasteiger partial charge < -0.3 is 15.3 Å². The van der Waals surface area contributed by atoms with Gasteiger partial charge in [0.25, 0.3) is 0 Å². The summed E-state index contributed by atoms with van der Waals surface area (Å²) < 4.78 is 0. The monoisotopic (exact) mass is 313 g/mol. The van der Waals surface area contributed by atoms with E-state index in [1.165, 1.54) is 0 Å². The van der Waals surface area contributed by atoms with Crippen molar-refractivity contribution in [1.82, 2.24) is 15.2 Å². The molecule has 1 aliphatic heterocycles. The van der Waals surface area contributed by atoms with Crippen LogP contribution in [0.15, 0.2) is 36.4 Å². The van der Waals surface area contributed by atoms with Crippen LogP contribution in [0.4, 0.5) is 4.79 Å². The number of benzene rings is 1. The lowest BCUT2D eigenvalue weighted by Crippen LogP contribution is -2.45. The zero-order chi connectivity index (χ0) is 16.2. The highest BCUT2D eigenvalue weighted by Gasteiger charge is 2.26. The lowest BCUT2D eigenvalue weighted by Gasteiger charge is -2.30. The Morgan fingerprint density at radius 3 is 2.65 bits per heavy atom. The molecular weight excluding hydrogens is 294 g/mol. The van der Waals surface area contributed by atoms with Crippen LogP contribution in [0.1, 0.15) is 18.5 Å². The fourth-order valence-electron chi connectivity index (χ4n) is 2.81. The van der Waals surface area contributed by atoms with Crippen molar-refractivity contribution < 1.29 is 14.7 Å². The molecule has 1 aromatic carbocycles. The van der Waals surface area contributed by atoms with Gasteiger partial charge in [0, 0.05) is 18.5 Å². The highest BCUT2D eigenvalue weighted by molar-refractivity contribution is 5.78. The summed E-state index contributed by atoms with van der Waals surface area (Å²) in [7, 11) is 0.